The van der Waals surface area contributed by atoms with Crippen molar-refractivity contribution in [3.05, 3.63) is 59.7 Å². The van der Waals surface area contributed by atoms with Crippen LogP contribution in [0, 0.1) is 0 Å². The van der Waals surface area contributed by atoms with Gasteiger partial charge in [0.15, 0.2) is 0 Å². The van der Waals surface area contributed by atoms with Gasteiger partial charge in [-0.3, -0.25) is 0 Å². The third-order valence-corrected chi connectivity index (χ3v) is 3.37. The molecule has 2 aromatic rings. The Labute approximate surface area is 113 Å². The van der Waals surface area contributed by atoms with Gasteiger partial charge in [0, 0.05) is 11.6 Å². The molecule has 2 N–H and O–H groups in total. The van der Waals surface area contributed by atoms with Gasteiger partial charge in [0.05, 0.1) is 5.69 Å². The van der Waals surface area contributed by atoms with Crippen molar-refractivity contribution in [2.45, 2.75) is 12.8 Å². The van der Waals surface area contributed by atoms with Crippen molar-refractivity contribution in [2.75, 3.05) is 5.73 Å². The summed E-state index contributed by atoms with van der Waals surface area (Å²) in [5.74, 6) is 0.215. The molecule has 2 aromatic carbocycles. The van der Waals surface area contributed by atoms with E-state index in [1.165, 1.54) is 0 Å². The third kappa shape index (κ3) is 3.42. The van der Waals surface area contributed by atoms with Crippen LogP contribution in [0.25, 0.3) is 0 Å². The summed E-state index contributed by atoms with van der Waals surface area (Å²) < 4.78 is 24.4. The normalized spacial score (nSPS) is 11.8. The van der Waals surface area contributed by atoms with Crippen LogP contribution in [0.3, 0.4) is 0 Å². The van der Waals surface area contributed by atoms with E-state index in [-0.39, 0.29) is 5.92 Å². The van der Waals surface area contributed by atoms with Gasteiger partial charge in [-0.2, -0.15) is 8.42 Å². The lowest BCUT2D eigenvalue weighted by molar-refractivity contribution is 0.622. The highest BCUT2D eigenvalue weighted by Crippen LogP contribution is 2.26. The fourth-order valence-electron chi connectivity index (χ4n) is 1.89. The molecular formula is C14H14N2O2S. The zero-order valence-corrected chi connectivity index (χ0v) is 11.3. The van der Waals surface area contributed by atoms with Crippen LogP contribution in [0.5, 0.6) is 0 Å². The van der Waals surface area contributed by atoms with Crippen LogP contribution in [0.15, 0.2) is 52.9 Å². The number of benzene rings is 2. The lowest BCUT2D eigenvalue weighted by Gasteiger charge is -2.12. The maximum Gasteiger partial charge on any atom is 0.316 e. The molecule has 5 heteroatoms. The molecule has 0 bridgehead atoms. The Balaban J connectivity index is 2.27. The highest BCUT2D eigenvalue weighted by atomic mass is 32.2. The smallest absolute Gasteiger partial charge is 0.316 e. The maximum atomic E-state index is 10.5. The minimum absolute atomic E-state index is 0.215. The molecule has 0 aliphatic rings. The fourth-order valence-corrected chi connectivity index (χ4v) is 2.18. The molecule has 0 saturated carbocycles. The molecular weight excluding hydrogens is 260 g/mol. The summed E-state index contributed by atoms with van der Waals surface area (Å²) >= 11 is 0. The Kier molecular flexibility index (Phi) is 3.97. The summed E-state index contributed by atoms with van der Waals surface area (Å²) in [6.45, 7) is 2.09. The molecule has 0 amide bonds. The molecule has 0 aromatic heterocycles. The largest absolute Gasteiger partial charge is 0.399 e. The van der Waals surface area contributed by atoms with E-state index in [0.29, 0.717) is 5.69 Å². The van der Waals surface area contributed by atoms with Crippen molar-refractivity contribution >= 4 is 21.9 Å². The van der Waals surface area contributed by atoms with E-state index < -0.39 is 10.5 Å². The van der Waals surface area contributed by atoms with Crippen LogP contribution in [0.1, 0.15) is 24.0 Å². The van der Waals surface area contributed by atoms with E-state index in [4.69, 9.17) is 5.73 Å². The third-order valence-electron chi connectivity index (χ3n) is 3.01. The second-order valence-electron chi connectivity index (χ2n) is 4.29. The second-order valence-corrected chi connectivity index (χ2v) is 4.91. The van der Waals surface area contributed by atoms with E-state index in [1.807, 2.05) is 36.4 Å². The quantitative estimate of drug-likeness (QED) is 0.874. The lowest BCUT2D eigenvalue weighted by atomic mass is 9.93. The number of nitrogens with zero attached hydrogens (tertiary/aromatic N) is 1. The van der Waals surface area contributed by atoms with Crippen LogP contribution in [-0.4, -0.2) is 8.42 Å². The lowest BCUT2D eigenvalue weighted by Crippen LogP contribution is -1.96. The van der Waals surface area contributed by atoms with E-state index >= 15 is 0 Å². The Morgan fingerprint density at radius 2 is 1.42 bits per heavy atom. The van der Waals surface area contributed by atoms with Gasteiger partial charge in [0.2, 0.25) is 0 Å². The highest BCUT2D eigenvalue weighted by Gasteiger charge is 2.07. The number of hydrogen-bond acceptors (Lipinski definition) is 4. The Morgan fingerprint density at radius 1 is 0.947 bits per heavy atom. The molecule has 2 rings (SSSR count). The Hall–Kier alpha value is -2.14. The first-order chi connectivity index (χ1) is 9.06. The molecule has 0 heterocycles. The predicted molar refractivity (Wildman–Crippen MR) is 75.8 cm³/mol. The number of nitrogens with two attached hydrogens (primary N) is 1. The summed E-state index contributed by atoms with van der Waals surface area (Å²) in [7, 11) is -2.41. The first kappa shape index (κ1) is 13.3. The van der Waals surface area contributed by atoms with Crippen molar-refractivity contribution in [1.82, 2.24) is 0 Å². The molecule has 0 saturated heterocycles. The van der Waals surface area contributed by atoms with Crippen LogP contribution in [-0.2, 0) is 10.5 Å². The van der Waals surface area contributed by atoms with Crippen molar-refractivity contribution in [3.63, 3.8) is 0 Å². The molecule has 19 heavy (non-hydrogen) atoms. The fraction of sp³-hybridized carbons (Fsp3) is 0.143. The van der Waals surface area contributed by atoms with Crippen molar-refractivity contribution < 1.29 is 8.42 Å². The van der Waals surface area contributed by atoms with Gasteiger partial charge in [-0.05, 0) is 35.4 Å². The summed E-state index contributed by atoms with van der Waals surface area (Å²) in [5, 5.41) is 0. The topological polar surface area (TPSA) is 72.5 Å². The molecule has 4 nitrogen and oxygen atoms in total. The monoisotopic (exact) mass is 274 g/mol. The molecule has 0 radical (unpaired) electrons. The summed E-state index contributed by atoms with van der Waals surface area (Å²) in [6, 6.07) is 14.9. The second kappa shape index (κ2) is 5.67. The summed E-state index contributed by atoms with van der Waals surface area (Å²) in [5.41, 5.74) is 9.09. The zero-order chi connectivity index (χ0) is 13.8. The first-order valence-electron chi connectivity index (χ1n) is 5.83. The van der Waals surface area contributed by atoms with Crippen molar-refractivity contribution in [3.8, 4) is 0 Å². The van der Waals surface area contributed by atoms with Gasteiger partial charge in [-0.25, -0.2) is 0 Å². The molecule has 0 spiro atoms. The van der Waals surface area contributed by atoms with Gasteiger partial charge in [-0.15, -0.1) is 4.36 Å². The minimum Gasteiger partial charge on any atom is -0.399 e. The molecule has 0 aliphatic heterocycles. The van der Waals surface area contributed by atoms with E-state index in [2.05, 4.69) is 11.3 Å². The van der Waals surface area contributed by atoms with E-state index in [9.17, 15) is 8.42 Å². The zero-order valence-electron chi connectivity index (χ0n) is 10.4. The average Bonchev–Trinajstić information content (AvgIpc) is 2.39. The maximum absolute atomic E-state index is 10.5. The Bertz CT molecular complexity index is 681. The molecule has 1 atom stereocenters. The Morgan fingerprint density at radius 3 is 1.89 bits per heavy atom. The van der Waals surface area contributed by atoms with Crippen LogP contribution in [0.4, 0.5) is 11.4 Å². The van der Waals surface area contributed by atoms with Gasteiger partial charge in [-0.1, -0.05) is 31.2 Å². The standard InChI is InChI=1S/C14H14N2O2S/c1-10(11-2-6-13(15)7-3-11)12-4-8-14(9-5-12)16-19(17)18/h2-10H,15H2,1H3. The van der Waals surface area contributed by atoms with Crippen molar-refractivity contribution in [2.24, 2.45) is 4.36 Å². The van der Waals surface area contributed by atoms with Crippen molar-refractivity contribution in [1.29, 1.82) is 0 Å². The predicted octanol–water partition coefficient (Wildman–Crippen LogP) is 3.11. The summed E-state index contributed by atoms with van der Waals surface area (Å²) in [6.07, 6.45) is 0. The molecule has 0 aliphatic carbocycles. The number of hydrogen-bond donors (Lipinski definition) is 1. The molecule has 0 fully saturated rings. The van der Waals surface area contributed by atoms with Crippen LogP contribution in [0.2, 0.25) is 0 Å². The SMILES string of the molecule is CC(c1ccc(N)cc1)c1ccc(N=S(=O)=O)cc1. The highest BCUT2D eigenvalue weighted by molar-refractivity contribution is 7.61. The summed E-state index contributed by atoms with van der Waals surface area (Å²) in [4.78, 5) is 0. The van der Waals surface area contributed by atoms with Gasteiger partial charge in [0.25, 0.3) is 0 Å². The minimum atomic E-state index is -2.41. The number of nitrogen functional groups attached to an aromatic ring is 1. The first-order valence-corrected chi connectivity index (χ1v) is 6.86. The molecule has 1 unspecified atom stereocenters. The van der Waals surface area contributed by atoms with Crippen LogP contribution >= 0.6 is 0 Å². The number of rotatable bonds is 3. The van der Waals surface area contributed by atoms with E-state index in [1.54, 1.807) is 12.1 Å². The van der Waals surface area contributed by atoms with Crippen LogP contribution < -0.4 is 5.73 Å². The van der Waals surface area contributed by atoms with Gasteiger partial charge < -0.3 is 5.73 Å². The van der Waals surface area contributed by atoms with Gasteiger partial charge >= 0.3 is 10.5 Å². The van der Waals surface area contributed by atoms with E-state index in [0.717, 1.165) is 16.8 Å². The average molecular weight is 274 g/mol. The number of anilines is 1. The van der Waals surface area contributed by atoms with Gasteiger partial charge in [0.1, 0.15) is 0 Å². The molecule has 98 valence electrons.